The van der Waals surface area contributed by atoms with E-state index in [1.807, 2.05) is 0 Å². The number of amides is 3. The van der Waals surface area contributed by atoms with Crippen LogP contribution < -0.4 is 20.7 Å². The third-order valence-corrected chi connectivity index (χ3v) is 8.97. The predicted octanol–water partition coefficient (Wildman–Crippen LogP) is 3.42. The van der Waals surface area contributed by atoms with Gasteiger partial charge < -0.3 is 30.3 Å². The van der Waals surface area contributed by atoms with Gasteiger partial charge in [0.25, 0.3) is 5.91 Å². The molecule has 4 aliphatic rings. The molecule has 44 heavy (non-hydrogen) atoms. The molecule has 3 heterocycles. The Morgan fingerprint density at radius 1 is 0.955 bits per heavy atom. The first-order valence-electron chi connectivity index (χ1n) is 13.6. The highest BCUT2D eigenvalue weighted by Gasteiger charge is 2.56. The lowest BCUT2D eigenvalue weighted by Gasteiger charge is -2.36. The second-order valence-corrected chi connectivity index (χ2v) is 11.7. The number of nitrogens with one attached hydrogen (secondary N) is 3. The smallest absolute Gasteiger partial charge is 0.342 e. The molecule has 1 saturated heterocycles. The Morgan fingerprint density at radius 3 is 2.20 bits per heavy atom. The Morgan fingerprint density at radius 2 is 1.61 bits per heavy atom. The van der Waals surface area contributed by atoms with Crippen LogP contribution in [0.1, 0.15) is 52.4 Å². The van der Waals surface area contributed by atoms with Crippen LogP contribution in [0, 0.1) is 0 Å². The summed E-state index contributed by atoms with van der Waals surface area (Å²) in [6.45, 7) is 1.68. The van der Waals surface area contributed by atoms with Crippen LogP contribution in [0.4, 0.5) is 10.5 Å². The summed E-state index contributed by atoms with van der Waals surface area (Å²) >= 11 is 0. The molecule has 12 nitrogen and oxygen atoms in total. The first-order chi connectivity index (χ1) is 21.1. The summed E-state index contributed by atoms with van der Waals surface area (Å²) in [4.78, 5) is 39.6. The van der Waals surface area contributed by atoms with Crippen LogP contribution in [0.2, 0.25) is 0 Å². The predicted molar refractivity (Wildman–Crippen MR) is 157 cm³/mol. The molecule has 3 amide bonds. The minimum absolute atomic E-state index is 0.00993. The van der Waals surface area contributed by atoms with Gasteiger partial charge >= 0.3 is 12.0 Å². The number of benzene rings is 3. The van der Waals surface area contributed by atoms with Crippen molar-refractivity contribution < 1.29 is 42.5 Å². The normalized spacial score (nSPS) is 20.5. The van der Waals surface area contributed by atoms with Crippen molar-refractivity contribution in [1.82, 2.24) is 10.6 Å². The summed E-state index contributed by atoms with van der Waals surface area (Å²) in [7, 11) is -2.50. The van der Waals surface area contributed by atoms with E-state index < -0.39 is 39.5 Å². The van der Waals surface area contributed by atoms with E-state index >= 15 is 0 Å². The van der Waals surface area contributed by atoms with Gasteiger partial charge in [-0.3, -0.25) is 10.1 Å². The van der Waals surface area contributed by atoms with E-state index in [9.17, 15) is 33.0 Å². The molecule has 7 rings (SSSR count). The number of esters is 1. The number of imide groups is 1. The highest BCUT2D eigenvalue weighted by atomic mass is 32.2. The number of hydrogen-bond acceptors (Lipinski definition) is 10. The van der Waals surface area contributed by atoms with Gasteiger partial charge in [-0.05, 0) is 42.3 Å². The number of phenolic OH excluding ortho intramolecular Hbond substituents is 2. The molecule has 3 aromatic carbocycles. The van der Waals surface area contributed by atoms with E-state index in [0.717, 1.165) is 0 Å². The van der Waals surface area contributed by atoms with E-state index in [-0.39, 0.29) is 52.0 Å². The number of carbonyl (C=O) groups excluding carboxylic acids is 3. The molecule has 5 N–H and O–H groups in total. The van der Waals surface area contributed by atoms with Crippen LogP contribution in [0.5, 0.6) is 23.0 Å². The van der Waals surface area contributed by atoms with Crippen LogP contribution in [-0.2, 0) is 25.4 Å². The number of rotatable bonds is 4. The zero-order valence-corrected chi connectivity index (χ0v) is 23.7. The van der Waals surface area contributed by atoms with Gasteiger partial charge in [-0.25, -0.2) is 9.59 Å². The molecule has 13 heteroatoms. The van der Waals surface area contributed by atoms with Crippen LogP contribution in [-0.4, -0.2) is 47.1 Å². The van der Waals surface area contributed by atoms with Gasteiger partial charge in [-0.2, -0.15) is 8.42 Å². The van der Waals surface area contributed by atoms with Crippen LogP contribution in [0.3, 0.4) is 0 Å². The number of phenols is 2. The molecule has 1 atom stereocenters. The van der Waals surface area contributed by atoms with Crippen molar-refractivity contribution in [2.45, 2.75) is 31.0 Å². The number of anilines is 1. The van der Waals surface area contributed by atoms with Crippen molar-refractivity contribution >= 4 is 44.3 Å². The van der Waals surface area contributed by atoms with Gasteiger partial charge in [-0.15, -0.1) is 0 Å². The van der Waals surface area contributed by atoms with Gasteiger partial charge in [0.1, 0.15) is 23.0 Å². The molecule has 0 saturated carbocycles. The van der Waals surface area contributed by atoms with Gasteiger partial charge in [0.05, 0.1) is 16.1 Å². The number of hydrogen-bond donors (Lipinski definition) is 5. The van der Waals surface area contributed by atoms with Crippen molar-refractivity contribution in [2.24, 2.45) is 0 Å². The number of ether oxygens (including phenoxy) is 2. The van der Waals surface area contributed by atoms with E-state index in [0.29, 0.717) is 27.8 Å². The van der Waals surface area contributed by atoms with E-state index in [1.54, 1.807) is 43.3 Å². The molecular formula is C31H23N3O9S. The van der Waals surface area contributed by atoms with Crippen molar-refractivity contribution in [2.75, 3.05) is 5.32 Å². The number of fused-ring (bicyclic) bond motifs is 6. The van der Waals surface area contributed by atoms with Gasteiger partial charge in [0, 0.05) is 40.8 Å². The Kier molecular flexibility index (Phi) is 5.87. The molecule has 3 aromatic rings. The summed E-state index contributed by atoms with van der Waals surface area (Å²) in [5.41, 5.74) is -0.949. The third-order valence-electron chi connectivity index (χ3n) is 8.26. The molecule has 1 fully saturated rings. The zero-order valence-electron chi connectivity index (χ0n) is 22.9. The highest BCUT2D eigenvalue weighted by molar-refractivity contribution is 7.73. The highest BCUT2D eigenvalue weighted by Crippen LogP contribution is 2.58. The first kappa shape index (κ1) is 27.3. The Bertz CT molecular complexity index is 2010. The SMILES string of the molecule is CCC1(Nc2c(C3=CC=CC(=S(=O)=O)C3)ccc3c2C(=O)OC32c3ccc(O)cc3Oc3cc(O)ccc32)NC(=O)NC1=O. The molecular weight excluding hydrogens is 590 g/mol. The summed E-state index contributed by atoms with van der Waals surface area (Å²) < 4.78 is 36.0. The monoisotopic (exact) mass is 613 g/mol. The fraction of sp³-hybridized carbons (Fsp3) is 0.161. The topological polar surface area (TPSA) is 180 Å². The second kappa shape index (κ2) is 9.47. The lowest BCUT2D eigenvalue weighted by Crippen LogP contribution is -2.53. The maximum Gasteiger partial charge on any atom is 0.342 e. The maximum absolute atomic E-state index is 14.1. The minimum Gasteiger partial charge on any atom is -0.508 e. The van der Waals surface area contributed by atoms with E-state index in [4.69, 9.17) is 9.47 Å². The van der Waals surface area contributed by atoms with Crippen LogP contribution >= 0.6 is 0 Å². The quantitative estimate of drug-likeness (QED) is 0.166. The summed E-state index contributed by atoms with van der Waals surface area (Å²) in [6, 6.07) is 11.4. The third kappa shape index (κ3) is 3.82. The van der Waals surface area contributed by atoms with Crippen LogP contribution in [0.25, 0.3) is 5.57 Å². The van der Waals surface area contributed by atoms with Crippen molar-refractivity contribution in [1.29, 1.82) is 0 Å². The molecule has 0 aromatic heterocycles. The molecule has 3 aliphatic heterocycles. The molecule has 1 aliphatic carbocycles. The summed E-state index contributed by atoms with van der Waals surface area (Å²) in [5, 5.41) is 28.5. The van der Waals surface area contributed by atoms with Gasteiger partial charge in [0.15, 0.2) is 11.3 Å². The number of allylic oxidation sites excluding steroid dienone is 4. The first-order valence-corrected chi connectivity index (χ1v) is 14.6. The minimum atomic E-state index is -2.50. The molecule has 0 radical (unpaired) electrons. The lowest BCUT2D eigenvalue weighted by molar-refractivity contribution is -0.123. The fourth-order valence-electron chi connectivity index (χ4n) is 6.19. The van der Waals surface area contributed by atoms with Gasteiger partial charge in [0.2, 0.25) is 10.3 Å². The van der Waals surface area contributed by atoms with Crippen molar-refractivity contribution in [3.05, 3.63) is 94.6 Å². The Balaban J connectivity index is 1.53. The average molecular weight is 614 g/mol. The number of aromatic hydroxyl groups is 2. The molecule has 0 bridgehead atoms. The maximum atomic E-state index is 14.1. The van der Waals surface area contributed by atoms with E-state index in [1.165, 1.54) is 30.3 Å². The lowest BCUT2D eigenvalue weighted by atomic mass is 9.76. The Labute approximate surface area is 251 Å². The zero-order chi connectivity index (χ0) is 31.0. The van der Waals surface area contributed by atoms with Gasteiger partial charge in [-0.1, -0.05) is 31.2 Å². The molecule has 222 valence electrons. The Hall–Kier alpha value is -5.56. The number of carbonyl (C=O) groups is 3. The van der Waals surface area contributed by atoms with Crippen molar-refractivity contribution in [3.8, 4) is 23.0 Å². The van der Waals surface area contributed by atoms with Crippen LogP contribution in [0.15, 0.2) is 66.8 Å². The molecule has 1 unspecified atom stereocenters. The van der Waals surface area contributed by atoms with Crippen molar-refractivity contribution in [3.63, 3.8) is 0 Å². The average Bonchev–Trinajstić information content (AvgIpc) is 3.45. The summed E-state index contributed by atoms with van der Waals surface area (Å²) in [6.07, 6.45) is 4.85. The number of urea groups is 1. The largest absolute Gasteiger partial charge is 0.508 e. The summed E-state index contributed by atoms with van der Waals surface area (Å²) in [5.74, 6) is -1.26. The molecule has 1 spiro atoms. The second-order valence-electron chi connectivity index (χ2n) is 10.7. The standard InChI is InChI=1S/C31H23N3O9S/c1-2-30(28(38)32-29(39)34-30)33-26-19(15-4-3-5-18(12-15)44(40)41)8-11-22-25(26)27(37)43-31(22)20-9-6-16(35)13-23(20)42-24-14-17(36)7-10-21(24)31/h3-11,13-14,33,35-36H,2,12H2,1H3,(H2,32,34,38,39). The van der Waals surface area contributed by atoms with E-state index in [2.05, 4.69) is 16.0 Å². The fourth-order valence-corrected chi connectivity index (χ4v) is 6.66.